The second kappa shape index (κ2) is 5.59. The zero-order valence-electron chi connectivity index (χ0n) is 10.3. The molecule has 0 saturated carbocycles. The molecule has 0 spiro atoms. The second-order valence-corrected chi connectivity index (χ2v) is 5.00. The van der Waals surface area contributed by atoms with E-state index in [9.17, 15) is 9.90 Å². The maximum absolute atomic E-state index is 12.3. The topological polar surface area (TPSA) is 52.6 Å². The molecule has 5 heteroatoms. The average molecular weight is 269 g/mol. The number of benzene rings is 1. The molecule has 0 radical (unpaired) electrons. The summed E-state index contributed by atoms with van der Waals surface area (Å²) in [5.41, 5.74) is 0.267. The summed E-state index contributed by atoms with van der Waals surface area (Å²) in [6.45, 7) is 1.84. The number of phenolic OH excluding ortho intramolecular Hbond substituents is 1. The fourth-order valence-corrected chi connectivity index (χ4v) is 2.40. The fraction of sp³-hybridized carbons (Fsp3) is 0.462. The van der Waals surface area contributed by atoms with E-state index in [1.54, 1.807) is 18.0 Å². The monoisotopic (exact) mass is 268 g/mol. The van der Waals surface area contributed by atoms with Crippen LogP contribution >= 0.6 is 11.6 Å². The molecule has 1 aliphatic rings. The Bertz CT molecular complexity index is 445. The maximum atomic E-state index is 12.3. The SMILES string of the molecule is CN(C(=O)c1cc(Cl)ccc1O)C1CCNCC1. The van der Waals surface area contributed by atoms with Crippen molar-refractivity contribution in [2.45, 2.75) is 18.9 Å². The summed E-state index contributed by atoms with van der Waals surface area (Å²) in [5, 5.41) is 13.4. The van der Waals surface area contributed by atoms with Crippen molar-refractivity contribution in [2.24, 2.45) is 0 Å². The molecule has 1 saturated heterocycles. The van der Waals surface area contributed by atoms with Crippen LogP contribution in [-0.4, -0.2) is 42.1 Å². The molecule has 2 rings (SSSR count). The Kier molecular flexibility index (Phi) is 4.09. The third-order valence-electron chi connectivity index (χ3n) is 3.37. The van der Waals surface area contributed by atoms with E-state index in [2.05, 4.69) is 5.32 Å². The Morgan fingerprint density at radius 1 is 1.44 bits per heavy atom. The maximum Gasteiger partial charge on any atom is 0.257 e. The molecule has 1 aromatic rings. The first-order chi connectivity index (χ1) is 8.59. The quantitative estimate of drug-likeness (QED) is 0.861. The summed E-state index contributed by atoms with van der Waals surface area (Å²) >= 11 is 5.86. The number of halogens is 1. The molecule has 1 amide bonds. The third-order valence-corrected chi connectivity index (χ3v) is 3.60. The highest BCUT2D eigenvalue weighted by molar-refractivity contribution is 6.31. The molecule has 1 fully saturated rings. The lowest BCUT2D eigenvalue weighted by molar-refractivity contribution is 0.0700. The third kappa shape index (κ3) is 2.76. The molecule has 98 valence electrons. The van der Waals surface area contributed by atoms with Crippen LogP contribution in [-0.2, 0) is 0 Å². The number of amides is 1. The highest BCUT2D eigenvalue weighted by atomic mass is 35.5. The van der Waals surface area contributed by atoms with Gasteiger partial charge in [0.15, 0.2) is 0 Å². The highest BCUT2D eigenvalue weighted by Gasteiger charge is 2.24. The minimum atomic E-state index is -0.179. The van der Waals surface area contributed by atoms with E-state index in [1.807, 2.05) is 0 Å². The molecule has 1 aliphatic heterocycles. The van der Waals surface area contributed by atoms with Crippen molar-refractivity contribution in [3.63, 3.8) is 0 Å². The van der Waals surface area contributed by atoms with Gasteiger partial charge >= 0.3 is 0 Å². The Labute approximate surface area is 112 Å². The first-order valence-corrected chi connectivity index (χ1v) is 6.44. The van der Waals surface area contributed by atoms with Crippen LogP contribution in [0.1, 0.15) is 23.2 Å². The molecule has 0 aliphatic carbocycles. The molecule has 0 unspecified atom stereocenters. The second-order valence-electron chi connectivity index (χ2n) is 4.56. The molecule has 0 bridgehead atoms. The zero-order chi connectivity index (χ0) is 13.1. The van der Waals surface area contributed by atoms with Gasteiger partial charge in [-0.05, 0) is 44.1 Å². The lowest BCUT2D eigenvalue weighted by Crippen LogP contribution is -2.43. The van der Waals surface area contributed by atoms with Crippen molar-refractivity contribution in [3.8, 4) is 5.75 Å². The predicted octanol–water partition coefficient (Wildman–Crippen LogP) is 1.87. The van der Waals surface area contributed by atoms with Gasteiger partial charge in [-0.25, -0.2) is 0 Å². The summed E-state index contributed by atoms with van der Waals surface area (Å²) in [5.74, 6) is -0.202. The van der Waals surface area contributed by atoms with Gasteiger partial charge in [-0.2, -0.15) is 0 Å². The molecular weight excluding hydrogens is 252 g/mol. The number of hydrogen-bond donors (Lipinski definition) is 2. The first-order valence-electron chi connectivity index (χ1n) is 6.06. The number of nitrogens with zero attached hydrogens (tertiary/aromatic N) is 1. The number of hydrogen-bond acceptors (Lipinski definition) is 3. The number of piperidine rings is 1. The lowest BCUT2D eigenvalue weighted by Gasteiger charge is -2.31. The van der Waals surface area contributed by atoms with E-state index in [4.69, 9.17) is 11.6 Å². The minimum Gasteiger partial charge on any atom is -0.507 e. The summed E-state index contributed by atoms with van der Waals surface area (Å²) in [6, 6.07) is 4.75. The van der Waals surface area contributed by atoms with Crippen molar-refractivity contribution < 1.29 is 9.90 Å². The molecule has 1 heterocycles. The van der Waals surface area contributed by atoms with Crippen molar-refractivity contribution in [3.05, 3.63) is 28.8 Å². The number of rotatable bonds is 2. The number of aromatic hydroxyl groups is 1. The van der Waals surface area contributed by atoms with E-state index in [1.165, 1.54) is 12.1 Å². The van der Waals surface area contributed by atoms with E-state index >= 15 is 0 Å². The van der Waals surface area contributed by atoms with Crippen LogP contribution in [0.25, 0.3) is 0 Å². The summed E-state index contributed by atoms with van der Waals surface area (Å²) in [4.78, 5) is 14.0. The smallest absolute Gasteiger partial charge is 0.257 e. The van der Waals surface area contributed by atoms with Crippen LogP contribution in [0.5, 0.6) is 5.75 Å². The van der Waals surface area contributed by atoms with Gasteiger partial charge in [0.25, 0.3) is 5.91 Å². The van der Waals surface area contributed by atoms with Crippen LogP contribution < -0.4 is 5.32 Å². The van der Waals surface area contributed by atoms with Gasteiger partial charge in [0.2, 0.25) is 0 Å². The average Bonchev–Trinajstić information content (AvgIpc) is 2.41. The van der Waals surface area contributed by atoms with Crippen LogP contribution in [0.2, 0.25) is 5.02 Å². The van der Waals surface area contributed by atoms with Crippen LogP contribution in [0, 0.1) is 0 Å². The largest absolute Gasteiger partial charge is 0.507 e. The van der Waals surface area contributed by atoms with Crippen molar-refractivity contribution in [1.82, 2.24) is 10.2 Å². The van der Waals surface area contributed by atoms with E-state index in [0.29, 0.717) is 5.02 Å². The number of phenols is 1. The van der Waals surface area contributed by atoms with Crippen molar-refractivity contribution >= 4 is 17.5 Å². The highest BCUT2D eigenvalue weighted by Crippen LogP contribution is 2.24. The van der Waals surface area contributed by atoms with Crippen LogP contribution in [0.15, 0.2) is 18.2 Å². The van der Waals surface area contributed by atoms with Gasteiger partial charge in [-0.3, -0.25) is 4.79 Å². The Balaban J connectivity index is 2.16. The van der Waals surface area contributed by atoms with Gasteiger partial charge in [-0.1, -0.05) is 11.6 Å². The minimum absolute atomic E-state index is 0.0230. The Hall–Kier alpha value is -1.26. The van der Waals surface area contributed by atoms with Gasteiger partial charge in [0.1, 0.15) is 5.75 Å². The standard InChI is InChI=1S/C13H17ClN2O2/c1-16(10-4-6-15-7-5-10)13(18)11-8-9(14)2-3-12(11)17/h2-3,8,10,15,17H,4-7H2,1H3. The van der Waals surface area contributed by atoms with Crippen molar-refractivity contribution in [1.29, 1.82) is 0 Å². The van der Waals surface area contributed by atoms with Gasteiger partial charge in [0, 0.05) is 18.1 Å². The number of carbonyl (C=O) groups is 1. The first kappa shape index (κ1) is 13.2. The molecular formula is C13H17ClN2O2. The van der Waals surface area contributed by atoms with Crippen LogP contribution in [0.3, 0.4) is 0 Å². The van der Waals surface area contributed by atoms with E-state index < -0.39 is 0 Å². The van der Waals surface area contributed by atoms with E-state index in [-0.39, 0.29) is 23.3 Å². The summed E-state index contributed by atoms with van der Waals surface area (Å²) in [7, 11) is 1.78. The number of carbonyl (C=O) groups excluding carboxylic acids is 1. The molecule has 4 nitrogen and oxygen atoms in total. The zero-order valence-corrected chi connectivity index (χ0v) is 11.1. The Morgan fingerprint density at radius 3 is 2.78 bits per heavy atom. The molecule has 2 N–H and O–H groups in total. The summed E-state index contributed by atoms with van der Waals surface area (Å²) < 4.78 is 0. The predicted molar refractivity (Wildman–Crippen MR) is 71.1 cm³/mol. The van der Waals surface area contributed by atoms with Gasteiger partial charge in [-0.15, -0.1) is 0 Å². The lowest BCUT2D eigenvalue weighted by atomic mass is 10.0. The fourth-order valence-electron chi connectivity index (χ4n) is 2.23. The van der Waals surface area contributed by atoms with Gasteiger partial charge < -0.3 is 15.3 Å². The molecule has 1 aromatic carbocycles. The number of nitrogens with one attached hydrogen (secondary N) is 1. The van der Waals surface area contributed by atoms with Crippen molar-refractivity contribution in [2.75, 3.05) is 20.1 Å². The summed E-state index contributed by atoms with van der Waals surface area (Å²) in [6.07, 6.45) is 1.87. The van der Waals surface area contributed by atoms with Gasteiger partial charge in [0.05, 0.1) is 5.56 Å². The molecule has 0 atom stereocenters. The molecule has 0 aromatic heterocycles. The molecule has 18 heavy (non-hydrogen) atoms. The van der Waals surface area contributed by atoms with E-state index in [0.717, 1.165) is 25.9 Å². The normalized spacial score (nSPS) is 16.6. The Morgan fingerprint density at radius 2 is 2.11 bits per heavy atom. The van der Waals surface area contributed by atoms with Crippen LogP contribution in [0.4, 0.5) is 0 Å².